The van der Waals surface area contributed by atoms with Crippen LogP contribution >= 0.6 is 0 Å². The van der Waals surface area contributed by atoms with Crippen molar-refractivity contribution in [2.75, 3.05) is 19.6 Å². The number of rotatable bonds is 4. The molecule has 0 atom stereocenters. The smallest absolute Gasteiger partial charge is 0.367 e. The molecule has 0 aliphatic carbocycles. The predicted molar refractivity (Wildman–Crippen MR) is 72.9 cm³/mol. The molecule has 1 fully saturated rings. The van der Waals surface area contributed by atoms with Crippen molar-refractivity contribution in [3.63, 3.8) is 0 Å². The summed E-state index contributed by atoms with van der Waals surface area (Å²) in [6.07, 6.45) is 0.0137. The summed E-state index contributed by atoms with van der Waals surface area (Å²) in [5.74, 6) is -2.31. The highest BCUT2D eigenvalue weighted by Gasteiger charge is 2.43. The molecule has 0 aromatic carbocycles. The molecule has 2 N–H and O–H groups in total. The molecule has 1 aliphatic heterocycles. The number of nitrogens with zero attached hydrogens (tertiary/aromatic N) is 1. The Morgan fingerprint density at radius 3 is 2.55 bits per heavy atom. The van der Waals surface area contributed by atoms with Crippen LogP contribution in [0.3, 0.4) is 0 Å². The average Bonchev–Trinajstić information content (AvgIpc) is 2.99. The number of nitrogens with one attached hydrogen (secondary N) is 2. The molecule has 0 radical (unpaired) electrons. The van der Waals surface area contributed by atoms with Gasteiger partial charge in [0.2, 0.25) is 5.91 Å². The Labute approximate surface area is 125 Å². The third-order valence-corrected chi connectivity index (χ3v) is 3.77. The Balaban J connectivity index is 1.72. The first-order valence-electron chi connectivity index (χ1n) is 7.13. The summed E-state index contributed by atoms with van der Waals surface area (Å²) in [4.78, 5) is 26.7. The van der Waals surface area contributed by atoms with Crippen LogP contribution in [0, 0.1) is 5.92 Å². The number of H-pyrrole nitrogens is 1. The van der Waals surface area contributed by atoms with Gasteiger partial charge in [0.15, 0.2) is 0 Å². The zero-order chi connectivity index (χ0) is 16.2. The number of carbonyl (C=O) groups is 2. The average molecular weight is 317 g/mol. The summed E-state index contributed by atoms with van der Waals surface area (Å²) in [6.45, 7) is 0.418. The molecule has 5 nitrogen and oxygen atoms in total. The SMILES string of the molecule is O=C(NCCc1cc[nH]c1)C1CCN(C(=O)C(F)(F)F)CC1. The van der Waals surface area contributed by atoms with Gasteiger partial charge in [0, 0.05) is 37.9 Å². The van der Waals surface area contributed by atoms with Crippen molar-refractivity contribution in [1.29, 1.82) is 0 Å². The molecule has 22 heavy (non-hydrogen) atoms. The fourth-order valence-electron chi connectivity index (χ4n) is 2.51. The number of piperidine rings is 1. The van der Waals surface area contributed by atoms with E-state index in [9.17, 15) is 22.8 Å². The largest absolute Gasteiger partial charge is 0.471 e. The Bertz CT molecular complexity index is 506. The molecule has 1 aliphatic rings. The van der Waals surface area contributed by atoms with Crippen LogP contribution in [-0.2, 0) is 16.0 Å². The molecule has 0 unspecified atom stereocenters. The minimum absolute atomic E-state index is 0.0335. The van der Waals surface area contributed by atoms with E-state index in [4.69, 9.17) is 0 Å². The van der Waals surface area contributed by atoms with E-state index in [2.05, 4.69) is 10.3 Å². The van der Waals surface area contributed by atoms with Crippen LogP contribution in [0.2, 0.25) is 0 Å². The summed E-state index contributed by atoms with van der Waals surface area (Å²) < 4.78 is 37.0. The van der Waals surface area contributed by atoms with Gasteiger partial charge in [0.1, 0.15) is 0 Å². The second kappa shape index (κ2) is 6.85. The highest BCUT2D eigenvalue weighted by atomic mass is 19.4. The van der Waals surface area contributed by atoms with Crippen LogP contribution in [0.1, 0.15) is 18.4 Å². The van der Waals surface area contributed by atoms with Crippen molar-refractivity contribution in [1.82, 2.24) is 15.2 Å². The highest BCUT2D eigenvalue weighted by Crippen LogP contribution is 2.23. The van der Waals surface area contributed by atoms with Crippen LogP contribution in [0.5, 0.6) is 0 Å². The molecular formula is C14H18F3N3O2. The topological polar surface area (TPSA) is 65.2 Å². The maximum absolute atomic E-state index is 12.3. The van der Waals surface area contributed by atoms with Crippen LogP contribution in [0.4, 0.5) is 13.2 Å². The highest BCUT2D eigenvalue weighted by molar-refractivity contribution is 5.83. The molecule has 2 heterocycles. The van der Waals surface area contributed by atoms with Crippen molar-refractivity contribution < 1.29 is 22.8 Å². The van der Waals surface area contributed by atoms with E-state index < -0.39 is 12.1 Å². The number of halogens is 3. The van der Waals surface area contributed by atoms with Gasteiger partial charge in [-0.3, -0.25) is 9.59 Å². The van der Waals surface area contributed by atoms with Gasteiger partial charge in [-0.25, -0.2) is 0 Å². The van der Waals surface area contributed by atoms with E-state index in [0.29, 0.717) is 13.0 Å². The molecule has 0 spiro atoms. The fraction of sp³-hybridized carbons (Fsp3) is 0.571. The Hall–Kier alpha value is -1.99. The van der Waals surface area contributed by atoms with Gasteiger partial charge in [-0.2, -0.15) is 13.2 Å². The van der Waals surface area contributed by atoms with Gasteiger partial charge in [0.25, 0.3) is 0 Å². The first-order chi connectivity index (χ1) is 10.4. The standard InChI is InChI=1S/C14H18F3N3O2/c15-14(16,17)13(22)20-7-3-11(4-8-20)12(21)19-6-2-10-1-5-18-9-10/h1,5,9,11,18H,2-4,6-8H2,(H,19,21). The number of amides is 2. The number of carbonyl (C=O) groups excluding carboxylic acids is 2. The molecule has 2 rings (SSSR count). The first-order valence-corrected chi connectivity index (χ1v) is 7.13. The number of alkyl halides is 3. The lowest BCUT2D eigenvalue weighted by molar-refractivity contribution is -0.186. The lowest BCUT2D eigenvalue weighted by atomic mass is 9.95. The zero-order valence-electron chi connectivity index (χ0n) is 11.9. The first kappa shape index (κ1) is 16.4. The van der Waals surface area contributed by atoms with Gasteiger partial charge in [0.05, 0.1) is 0 Å². The molecule has 2 amide bonds. The second-order valence-corrected chi connectivity index (χ2v) is 5.32. The molecule has 0 saturated carbocycles. The lowest BCUT2D eigenvalue weighted by Gasteiger charge is -2.31. The summed E-state index contributed by atoms with van der Waals surface area (Å²) in [5, 5.41) is 2.79. The van der Waals surface area contributed by atoms with Gasteiger partial charge in [-0.05, 0) is 30.9 Å². The summed E-state index contributed by atoms with van der Waals surface area (Å²) >= 11 is 0. The van der Waals surface area contributed by atoms with Crippen molar-refractivity contribution >= 4 is 11.8 Å². The quantitative estimate of drug-likeness (QED) is 0.883. The maximum atomic E-state index is 12.3. The summed E-state index contributed by atoms with van der Waals surface area (Å²) in [5.41, 5.74) is 1.07. The number of aromatic amines is 1. The molecule has 1 saturated heterocycles. The van der Waals surface area contributed by atoms with Gasteiger partial charge >= 0.3 is 12.1 Å². The second-order valence-electron chi connectivity index (χ2n) is 5.32. The van der Waals surface area contributed by atoms with E-state index in [1.165, 1.54) is 0 Å². The van der Waals surface area contributed by atoms with E-state index in [1.54, 1.807) is 6.20 Å². The number of hydrogen-bond donors (Lipinski definition) is 2. The molecule has 1 aromatic rings. The monoisotopic (exact) mass is 317 g/mol. The van der Waals surface area contributed by atoms with E-state index >= 15 is 0 Å². The van der Waals surface area contributed by atoms with Crippen molar-refractivity contribution in [2.24, 2.45) is 5.92 Å². The minimum atomic E-state index is -4.84. The minimum Gasteiger partial charge on any atom is -0.367 e. The zero-order valence-corrected chi connectivity index (χ0v) is 11.9. The summed E-state index contributed by atoms with van der Waals surface area (Å²) in [7, 11) is 0. The molecule has 122 valence electrons. The number of aromatic nitrogens is 1. The normalized spacial score (nSPS) is 16.6. The predicted octanol–water partition coefficient (Wildman–Crippen LogP) is 1.47. The maximum Gasteiger partial charge on any atom is 0.471 e. The third kappa shape index (κ3) is 4.25. The van der Waals surface area contributed by atoms with Crippen molar-refractivity contribution in [3.8, 4) is 0 Å². The van der Waals surface area contributed by atoms with Gasteiger partial charge < -0.3 is 15.2 Å². The van der Waals surface area contributed by atoms with Gasteiger partial charge in [-0.15, -0.1) is 0 Å². The van der Waals surface area contributed by atoms with Crippen molar-refractivity contribution in [2.45, 2.75) is 25.4 Å². The van der Waals surface area contributed by atoms with Crippen LogP contribution in [-0.4, -0.2) is 47.5 Å². The van der Waals surface area contributed by atoms with Crippen LogP contribution in [0.15, 0.2) is 18.5 Å². The van der Waals surface area contributed by atoms with E-state index in [-0.39, 0.29) is 37.8 Å². The molecule has 8 heteroatoms. The molecule has 1 aromatic heterocycles. The van der Waals surface area contributed by atoms with Gasteiger partial charge in [-0.1, -0.05) is 0 Å². The number of hydrogen-bond acceptors (Lipinski definition) is 2. The number of likely N-dealkylation sites (tertiary alicyclic amines) is 1. The van der Waals surface area contributed by atoms with Crippen molar-refractivity contribution in [3.05, 3.63) is 24.0 Å². The molecular weight excluding hydrogens is 299 g/mol. The van der Waals surface area contributed by atoms with E-state index in [1.807, 2.05) is 12.3 Å². The van der Waals surface area contributed by atoms with E-state index in [0.717, 1.165) is 10.5 Å². The third-order valence-electron chi connectivity index (χ3n) is 3.77. The van der Waals surface area contributed by atoms with Crippen LogP contribution in [0.25, 0.3) is 0 Å². The van der Waals surface area contributed by atoms with Crippen LogP contribution < -0.4 is 5.32 Å². The Kier molecular flexibility index (Phi) is 5.10. The lowest BCUT2D eigenvalue weighted by Crippen LogP contribution is -2.47. The molecule has 0 bridgehead atoms. The summed E-state index contributed by atoms with van der Waals surface area (Å²) in [6, 6.07) is 1.91. The Morgan fingerprint density at radius 2 is 2.00 bits per heavy atom. The fourth-order valence-corrected chi connectivity index (χ4v) is 2.51. The Morgan fingerprint density at radius 1 is 1.32 bits per heavy atom.